The highest BCUT2D eigenvalue weighted by Crippen LogP contribution is 2.44. The number of fused-ring (bicyclic) bond motifs is 5. The van der Waals surface area contributed by atoms with Gasteiger partial charge in [0.1, 0.15) is 0 Å². The molecule has 4 heterocycles. The molecule has 0 bridgehead atoms. The number of nitrogens with zero attached hydrogens (tertiary/aromatic N) is 3. The van der Waals surface area contributed by atoms with Gasteiger partial charge in [0.25, 0.3) is 0 Å². The fraction of sp³-hybridized carbons (Fsp3) is 0.409. The zero-order chi connectivity index (χ0) is 18.5. The summed E-state index contributed by atoms with van der Waals surface area (Å²) in [5.41, 5.74) is 6.35. The van der Waals surface area contributed by atoms with Crippen LogP contribution in [0.25, 0.3) is 10.9 Å². The monoisotopic (exact) mass is 425 g/mol. The third kappa shape index (κ3) is 2.84. The van der Waals surface area contributed by atoms with Crippen molar-refractivity contribution in [2.45, 2.75) is 44.9 Å². The molecular formula is C22H24BrN3O. The number of hydrogen-bond acceptors (Lipinski definition) is 3. The molecule has 2 aliphatic rings. The molecule has 5 heteroatoms. The lowest BCUT2D eigenvalue weighted by molar-refractivity contribution is 0.155. The zero-order valence-electron chi connectivity index (χ0n) is 15.5. The number of aliphatic hydroxyl groups is 1. The van der Waals surface area contributed by atoms with Crippen LogP contribution in [-0.4, -0.2) is 32.6 Å². The highest BCUT2D eigenvalue weighted by atomic mass is 79.9. The van der Waals surface area contributed by atoms with E-state index in [0.717, 1.165) is 23.0 Å². The summed E-state index contributed by atoms with van der Waals surface area (Å²) in [4.78, 5) is 6.71. The van der Waals surface area contributed by atoms with E-state index in [4.69, 9.17) is 0 Å². The minimum atomic E-state index is -0.533. The molecule has 140 valence electrons. The first-order chi connectivity index (χ1) is 13.1. The summed E-state index contributed by atoms with van der Waals surface area (Å²) in [6.07, 6.45) is 6.55. The second-order valence-electron chi connectivity index (χ2n) is 7.83. The lowest BCUT2D eigenvalue weighted by Crippen LogP contribution is -2.31. The Hall–Kier alpha value is -1.69. The van der Waals surface area contributed by atoms with Crippen molar-refractivity contribution in [1.82, 2.24) is 14.5 Å². The molecular weight excluding hydrogens is 402 g/mol. The van der Waals surface area contributed by atoms with Crippen LogP contribution in [0, 0.1) is 6.92 Å². The molecule has 27 heavy (non-hydrogen) atoms. The van der Waals surface area contributed by atoms with E-state index >= 15 is 0 Å². The highest BCUT2D eigenvalue weighted by Gasteiger charge is 2.35. The van der Waals surface area contributed by atoms with Gasteiger partial charge in [-0.1, -0.05) is 15.9 Å². The highest BCUT2D eigenvalue weighted by molar-refractivity contribution is 9.10. The van der Waals surface area contributed by atoms with Crippen LogP contribution in [0.3, 0.4) is 0 Å². The summed E-state index contributed by atoms with van der Waals surface area (Å²) in [5, 5.41) is 12.3. The second-order valence-corrected chi connectivity index (χ2v) is 8.68. The van der Waals surface area contributed by atoms with Crippen molar-refractivity contribution in [3.8, 4) is 0 Å². The first-order valence-electron chi connectivity index (χ1n) is 9.76. The van der Waals surface area contributed by atoms with Crippen molar-refractivity contribution in [1.29, 1.82) is 0 Å². The molecule has 4 nitrogen and oxygen atoms in total. The molecule has 0 spiro atoms. The number of aromatic nitrogens is 2. The molecule has 1 fully saturated rings. The second kappa shape index (κ2) is 6.73. The Balaban J connectivity index is 1.66. The van der Waals surface area contributed by atoms with Crippen molar-refractivity contribution in [3.05, 3.63) is 63.5 Å². The molecule has 0 radical (unpaired) electrons. The Morgan fingerprint density at radius 3 is 2.89 bits per heavy atom. The summed E-state index contributed by atoms with van der Waals surface area (Å²) < 4.78 is 3.50. The van der Waals surface area contributed by atoms with Crippen LogP contribution >= 0.6 is 15.9 Å². The number of hydrogen-bond donors (Lipinski definition) is 1. The van der Waals surface area contributed by atoms with Gasteiger partial charge in [0.15, 0.2) is 0 Å². The largest absolute Gasteiger partial charge is 0.387 e. The van der Waals surface area contributed by atoms with E-state index in [2.05, 4.69) is 49.4 Å². The van der Waals surface area contributed by atoms with Gasteiger partial charge >= 0.3 is 0 Å². The van der Waals surface area contributed by atoms with Gasteiger partial charge in [0, 0.05) is 52.5 Å². The van der Waals surface area contributed by atoms with Gasteiger partial charge in [-0.3, -0.25) is 9.88 Å². The predicted molar refractivity (Wildman–Crippen MR) is 111 cm³/mol. The Morgan fingerprint density at radius 2 is 2.07 bits per heavy atom. The van der Waals surface area contributed by atoms with Gasteiger partial charge in [-0.25, -0.2) is 0 Å². The maximum Gasteiger partial charge on any atom is 0.0970 e. The number of halogens is 1. The zero-order valence-corrected chi connectivity index (χ0v) is 17.1. The Bertz CT molecular complexity index is 998. The van der Waals surface area contributed by atoms with E-state index in [-0.39, 0.29) is 0 Å². The van der Waals surface area contributed by atoms with Crippen LogP contribution in [0.15, 0.2) is 41.1 Å². The van der Waals surface area contributed by atoms with Gasteiger partial charge in [-0.15, -0.1) is 0 Å². The smallest absolute Gasteiger partial charge is 0.0970 e. The predicted octanol–water partition coefficient (Wildman–Crippen LogP) is 4.53. The van der Waals surface area contributed by atoms with Crippen molar-refractivity contribution in [2.24, 2.45) is 0 Å². The van der Waals surface area contributed by atoms with Gasteiger partial charge in [-0.2, -0.15) is 0 Å². The number of aryl methyl sites for hydroxylation is 1. The molecule has 0 aliphatic carbocycles. The molecule has 1 saturated heterocycles. The van der Waals surface area contributed by atoms with Crippen molar-refractivity contribution in [2.75, 3.05) is 13.1 Å². The third-order valence-electron chi connectivity index (χ3n) is 6.27. The van der Waals surface area contributed by atoms with E-state index in [1.165, 1.54) is 47.1 Å². The van der Waals surface area contributed by atoms with Gasteiger partial charge < -0.3 is 9.67 Å². The van der Waals surface area contributed by atoms with Gasteiger partial charge in [-0.05, 0) is 67.3 Å². The average Bonchev–Trinajstić information content (AvgIpc) is 3.26. The summed E-state index contributed by atoms with van der Waals surface area (Å²) in [6.45, 7) is 5.08. The van der Waals surface area contributed by atoms with E-state index in [1.807, 2.05) is 12.1 Å². The molecule has 2 aromatic heterocycles. The third-order valence-corrected chi connectivity index (χ3v) is 7.13. The quantitative estimate of drug-likeness (QED) is 0.669. The van der Waals surface area contributed by atoms with Crippen molar-refractivity contribution >= 4 is 26.8 Å². The molecule has 1 N–H and O–H groups in total. The van der Waals surface area contributed by atoms with Crippen LogP contribution in [0.5, 0.6) is 0 Å². The minimum absolute atomic E-state index is 0.533. The standard InChI is InChI=1S/C22H24BrN3O/c1-14-11-16-20(12-17(14)23)26(13-21(27)15-4-7-24-8-5-15)19-6-10-25-9-2-3-18(25)22(16)19/h4-5,7-8,11-12,18,21,27H,2-3,6,9-10,13H2,1H3. The Kier molecular flexibility index (Phi) is 4.34. The normalized spacial score (nSPS) is 20.6. The first-order valence-corrected chi connectivity index (χ1v) is 10.6. The lowest BCUT2D eigenvalue weighted by Gasteiger charge is -2.31. The van der Waals surface area contributed by atoms with Crippen LogP contribution in [0.2, 0.25) is 0 Å². The van der Waals surface area contributed by atoms with Gasteiger partial charge in [0.2, 0.25) is 0 Å². The minimum Gasteiger partial charge on any atom is -0.387 e. The van der Waals surface area contributed by atoms with E-state index in [9.17, 15) is 5.11 Å². The van der Waals surface area contributed by atoms with E-state index in [0.29, 0.717) is 12.6 Å². The number of aliphatic hydroxyl groups excluding tert-OH is 1. The van der Waals surface area contributed by atoms with Crippen LogP contribution in [-0.2, 0) is 13.0 Å². The molecule has 0 saturated carbocycles. The number of benzene rings is 1. The summed E-state index contributed by atoms with van der Waals surface area (Å²) in [5.74, 6) is 0. The SMILES string of the molecule is Cc1cc2c3c(n(CC(O)c4ccncc4)c2cc1Br)CCN1CCCC31. The molecule has 1 aromatic carbocycles. The van der Waals surface area contributed by atoms with Crippen LogP contribution in [0.1, 0.15) is 47.4 Å². The first kappa shape index (κ1) is 17.4. The van der Waals surface area contributed by atoms with E-state index in [1.54, 1.807) is 12.4 Å². The topological polar surface area (TPSA) is 41.3 Å². The lowest BCUT2D eigenvalue weighted by atomic mass is 9.95. The molecule has 2 atom stereocenters. The maximum atomic E-state index is 10.9. The number of rotatable bonds is 3. The molecule has 3 aromatic rings. The van der Waals surface area contributed by atoms with E-state index < -0.39 is 6.10 Å². The summed E-state index contributed by atoms with van der Waals surface area (Å²) in [7, 11) is 0. The number of pyridine rings is 1. The average molecular weight is 426 g/mol. The Labute approximate surface area is 168 Å². The van der Waals surface area contributed by atoms with Crippen LogP contribution < -0.4 is 0 Å². The molecule has 2 unspecified atom stereocenters. The summed E-state index contributed by atoms with van der Waals surface area (Å²) >= 11 is 3.72. The van der Waals surface area contributed by atoms with Crippen molar-refractivity contribution < 1.29 is 5.11 Å². The molecule has 5 rings (SSSR count). The fourth-order valence-corrected chi connectivity index (χ4v) is 5.27. The maximum absolute atomic E-state index is 10.9. The van der Waals surface area contributed by atoms with Crippen LogP contribution in [0.4, 0.5) is 0 Å². The fourth-order valence-electron chi connectivity index (χ4n) is 4.94. The van der Waals surface area contributed by atoms with Gasteiger partial charge in [0.05, 0.1) is 12.6 Å². The molecule has 2 aliphatic heterocycles. The summed E-state index contributed by atoms with van der Waals surface area (Å²) in [6, 6.07) is 8.91. The Morgan fingerprint density at radius 1 is 1.26 bits per heavy atom. The molecule has 0 amide bonds. The van der Waals surface area contributed by atoms with Crippen molar-refractivity contribution in [3.63, 3.8) is 0 Å².